The number of thioether (sulfide) groups is 1. The highest BCUT2D eigenvalue weighted by atomic mass is 79.9. The van der Waals surface area contributed by atoms with E-state index in [-0.39, 0.29) is 30.1 Å². The van der Waals surface area contributed by atoms with Crippen molar-refractivity contribution >= 4 is 33.4 Å². The van der Waals surface area contributed by atoms with Gasteiger partial charge in [0, 0.05) is 30.0 Å². The Bertz CT molecular complexity index is 1130. The Morgan fingerprint density at radius 2 is 2.08 bits per heavy atom. The van der Waals surface area contributed by atoms with Crippen LogP contribution in [0.5, 0.6) is 11.5 Å². The van der Waals surface area contributed by atoms with E-state index in [1.807, 2.05) is 42.1 Å². The smallest absolute Gasteiger partial charge is 0.142 e. The molecule has 2 aliphatic heterocycles. The summed E-state index contributed by atoms with van der Waals surface area (Å²) >= 11 is 5.67. The molecular formula is C29H37BrN2O4S. The highest BCUT2D eigenvalue weighted by Crippen LogP contribution is 2.60. The van der Waals surface area contributed by atoms with Crippen molar-refractivity contribution in [2.24, 2.45) is 11.1 Å². The molecule has 1 aliphatic carbocycles. The van der Waals surface area contributed by atoms with Crippen LogP contribution in [-0.4, -0.2) is 60.1 Å². The van der Waals surface area contributed by atoms with Gasteiger partial charge >= 0.3 is 0 Å². The van der Waals surface area contributed by atoms with Gasteiger partial charge in [-0.2, -0.15) is 11.8 Å². The van der Waals surface area contributed by atoms with Crippen LogP contribution in [0.3, 0.4) is 0 Å². The Hall–Kier alpha value is -1.74. The zero-order valence-corrected chi connectivity index (χ0v) is 24.3. The van der Waals surface area contributed by atoms with Gasteiger partial charge in [-0.25, -0.2) is 0 Å². The summed E-state index contributed by atoms with van der Waals surface area (Å²) in [6.45, 7) is 4.67. The fourth-order valence-electron chi connectivity index (χ4n) is 6.59. The number of hydrogen-bond donors (Lipinski definition) is 1. The summed E-state index contributed by atoms with van der Waals surface area (Å²) in [6.07, 6.45) is 5.62. The summed E-state index contributed by atoms with van der Waals surface area (Å²) in [7, 11) is 1.71. The lowest BCUT2D eigenvalue weighted by Crippen LogP contribution is -2.52. The van der Waals surface area contributed by atoms with Crippen LogP contribution in [0.1, 0.15) is 49.3 Å². The summed E-state index contributed by atoms with van der Waals surface area (Å²) in [5, 5.41) is 15.2. The number of nitrogens with zero attached hydrogens (tertiary/aromatic N) is 2. The molecule has 5 rings (SSSR count). The number of ether oxygens (including phenoxy) is 2. The maximum absolute atomic E-state index is 10.6. The first kappa shape index (κ1) is 26.9. The number of oxime groups is 1. The van der Waals surface area contributed by atoms with E-state index in [9.17, 15) is 5.11 Å². The van der Waals surface area contributed by atoms with E-state index < -0.39 is 0 Å². The molecule has 0 amide bonds. The quantitative estimate of drug-likeness (QED) is 0.296. The molecule has 2 aromatic carbocycles. The van der Waals surface area contributed by atoms with Gasteiger partial charge in [0.25, 0.3) is 0 Å². The van der Waals surface area contributed by atoms with E-state index in [4.69, 9.17) is 14.3 Å². The van der Waals surface area contributed by atoms with Crippen molar-refractivity contribution < 1.29 is 19.4 Å². The second-order valence-electron chi connectivity index (χ2n) is 10.5. The number of methoxy groups -OCH3 is 1. The minimum absolute atomic E-state index is 0.0623. The molecule has 37 heavy (non-hydrogen) atoms. The molecule has 2 aromatic rings. The molecule has 0 saturated heterocycles. The minimum atomic E-state index is -0.195. The molecule has 4 atom stereocenters. The second kappa shape index (κ2) is 11.6. The molecule has 1 spiro atoms. The van der Waals surface area contributed by atoms with Gasteiger partial charge in [0.05, 0.1) is 19.4 Å². The van der Waals surface area contributed by atoms with E-state index in [1.165, 1.54) is 11.1 Å². The largest absolute Gasteiger partial charge is 0.495 e. The van der Waals surface area contributed by atoms with Gasteiger partial charge in [0.2, 0.25) is 0 Å². The third-order valence-electron chi connectivity index (χ3n) is 8.37. The lowest BCUT2D eigenvalue weighted by atomic mass is 9.59. The van der Waals surface area contributed by atoms with Crippen LogP contribution in [0.4, 0.5) is 0 Å². The predicted octanol–water partition coefficient (Wildman–Crippen LogP) is 5.78. The van der Waals surface area contributed by atoms with Gasteiger partial charge < -0.3 is 19.4 Å². The average Bonchev–Trinajstić information content (AvgIpc) is 3.17. The number of aliphatic hydroxyl groups excluding tert-OH is 1. The summed E-state index contributed by atoms with van der Waals surface area (Å²) in [5.74, 6) is 3.10. The Kier molecular flexibility index (Phi) is 8.39. The van der Waals surface area contributed by atoms with Crippen LogP contribution in [0.25, 0.3) is 0 Å². The van der Waals surface area contributed by atoms with Gasteiger partial charge in [0.15, 0.2) is 0 Å². The zero-order valence-electron chi connectivity index (χ0n) is 21.9. The fourth-order valence-corrected chi connectivity index (χ4v) is 7.57. The van der Waals surface area contributed by atoms with Crippen molar-refractivity contribution in [1.82, 2.24) is 4.90 Å². The molecule has 1 fully saturated rings. The maximum atomic E-state index is 10.6. The first-order chi connectivity index (χ1) is 18.0. The Morgan fingerprint density at radius 1 is 1.27 bits per heavy atom. The summed E-state index contributed by atoms with van der Waals surface area (Å²) in [5.41, 5.74) is 4.50. The molecule has 0 unspecified atom stereocenters. The molecule has 0 radical (unpaired) electrons. The average molecular weight is 590 g/mol. The van der Waals surface area contributed by atoms with E-state index in [0.717, 1.165) is 65.4 Å². The Balaban J connectivity index is 1.48. The summed E-state index contributed by atoms with van der Waals surface area (Å²) in [4.78, 5) is 8.26. The van der Waals surface area contributed by atoms with Crippen molar-refractivity contribution in [2.75, 3.05) is 32.3 Å². The lowest BCUT2D eigenvalue weighted by molar-refractivity contribution is 0.0396. The van der Waals surface area contributed by atoms with Gasteiger partial charge in [-0.1, -0.05) is 42.4 Å². The van der Waals surface area contributed by atoms with Crippen LogP contribution in [0.2, 0.25) is 0 Å². The molecule has 8 heteroatoms. The van der Waals surface area contributed by atoms with Crippen molar-refractivity contribution in [3.05, 3.63) is 57.6 Å². The third kappa shape index (κ3) is 5.02. The molecular weight excluding hydrogens is 552 g/mol. The van der Waals surface area contributed by atoms with Gasteiger partial charge in [0.1, 0.15) is 28.7 Å². The van der Waals surface area contributed by atoms with Crippen LogP contribution in [0, 0.1) is 5.92 Å². The van der Waals surface area contributed by atoms with E-state index in [1.54, 1.807) is 7.11 Å². The molecule has 200 valence electrons. The van der Waals surface area contributed by atoms with E-state index in [0.29, 0.717) is 13.0 Å². The lowest BCUT2D eigenvalue weighted by Gasteiger charge is -2.45. The Morgan fingerprint density at radius 3 is 2.81 bits per heavy atom. The molecule has 1 N–H and O–H groups in total. The number of benzene rings is 2. The zero-order chi connectivity index (χ0) is 26.0. The molecule has 1 saturated carbocycles. The summed E-state index contributed by atoms with van der Waals surface area (Å²) in [6, 6.07) is 12.4. The summed E-state index contributed by atoms with van der Waals surface area (Å²) < 4.78 is 13.4. The highest BCUT2D eigenvalue weighted by molar-refractivity contribution is 9.10. The topological polar surface area (TPSA) is 63.5 Å². The normalized spacial score (nSPS) is 27.8. The SMILES string of the molecule is COc1cc2c3c(c1Br)O[C@@H]1CC(=NOCc4ccccc4)C[C@@H](C)[C@]31C[C@@H](CO)N(CCCSC)C2. The Labute approximate surface area is 232 Å². The first-order valence-corrected chi connectivity index (χ1v) is 15.3. The van der Waals surface area contributed by atoms with Crippen molar-refractivity contribution in [1.29, 1.82) is 0 Å². The van der Waals surface area contributed by atoms with E-state index in [2.05, 4.69) is 45.2 Å². The van der Waals surface area contributed by atoms with Crippen LogP contribution in [-0.2, 0) is 23.4 Å². The minimum Gasteiger partial charge on any atom is -0.495 e. The van der Waals surface area contributed by atoms with Gasteiger partial charge in [-0.05, 0) is 76.9 Å². The number of aliphatic hydroxyl groups is 1. The van der Waals surface area contributed by atoms with Crippen molar-refractivity contribution in [3.8, 4) is 11.5 Å². The first-order valence-electron chi connectivity index (χ1n) is 13.1. The third-order valence-corrected chi connectivity index (χ3v) is 9.81. The van der Waals surface area contributed by atoms with Gasteiger partial charge in [-0.15, -0.1) is 0 Å². The monoisotopic (exact) mass is 588 g/mol. The van der Waals surface area contributed by atoms with Crippen molar-refractivity contribution in [3.63, 3.8) is 0 Å². The molecule has 3 aliphatic rings. The van der Waals surface area contributed by atoms with Gasteiger partial charge in [-0.3, -0.25) is 4.90 Å². The van der Waals surface area contributed by atoms with Crippen molar-refractivity contribution in [2.45, 2.75) is 63.3 Å². The molecule has 6 nitrogen and oxygen atoms in total. The predicted molar refractivity (Wildman–Crippen MR) is 153 cm³/mol. The molecule has 2 heterocycles. The number of hydrogen-bond acceptors (Lipinski definition) is 7. The standard InChI is InChI=1S/C29H37BrN2O4S/c1-19-12-22(31-35-18-20-8-5-4-6-9-20)14-25-29(19)15-23(17-33)32(10-7-11-37-3)16-21-13-24(34-2)27(30)28(36-25)26(21)29/h4-6,8-9,13,19,23,25,33H,7,10-12,14-18H2,1-3H3/t19-,23+,25-,29+/m1/s1. The van der Waals surface area contributed by atoms with Crippen LogP contribution < -0.4 is 9.47 Å². The molecule has 0 bridgehead atoms. The number of halogens is 1. The van der Waals surface area contributed by atoms with Crippen LogP contribution in [0.15, 0.2) is 46.0 Å². The highest BCUT2D eigenvalue weighted by Gasteiger charge is 2.59. The number of rotatable bonds is 9. The second-order valence-corrected chi connectivity index (χ2v) is 12.3. The van der Waals surface area contributed by atoms with E-state index >= 15 is 0 Å². The molecule has 0 aromatic heterocycles. The van der Waals surface area contributed by atoms with Crippen LogP contribution >= 0.6 is 27.7 Å². The maximum Gasteiger partial charge on any atom is 0.142 e. The fraction of sp³-hybridized carbons (Fsp3) is 0.552.